The van der Waals surface area contributed by atoms with E-state index >= 15 is 0 Å². The van der Waals surface area contributed by atoms with E-state index in [1.807, 2.05) is 6.07 Å². The molecule has 1 aliphatic rings. The number of nitrogens with one attached hydrogen (secondary N) is 1. The third-order valence-electron chi connectivity index (χ3n) is 4.36. The van der Waals surface area contributed by atoms with Gasteiger partial charge in [0.25, 0.3) is 0 Å². The molecule has 1 aliphatic heterocycles. The summed E-state index contributed by atoms with van der Waals surface area (Å²) in [6.45, 7) is 9.84. The van der Waals surface area contributed by atoms with E-state index in [0.29, 0.717) is 6.61 Å². The van der Waals surface area contributed by atoms with Gasteiger partial charge in [0.2, 0.25) is 0 Å². The largest absolute Gasteiger partial charge is 0.489 e. The van der Waals surface area contributed by atoms with Crippen LogP contribution in [0.1, 0.15) is 5.56 Å². The molecule has 0 saturated carbocycles. The Labute approximate surface area is 138 Å². The van der Waals surface area contributed by atoms with Crippen LogP contribution in [0.25, 0.3) is 0 Å². The molecule has 2 aromatic rings. The summed E-state index contributed by atoms with van der Waals surface area (Å²) in [5, 5.41) is 0. The summed E-state index contributed by atoms with van der Waals surface area (Å²) < 4.78 is 5.78. The van der Waals surface area contributed by atoms with E-state index in [1.54, 1.807) is 11.0 Å². The number of hydrogen-bond donors (Lipinski definition) is 1. The van der Waals surface area contributed by atoms with Crippen LogP contribution >= 0.6 is 0 Å². The molecule has 3 nitrogen and oxygen atoms in total. The van der Waals surface area contributed by atoms with Gasteiger partial charge in [-0.15, -0.1) is 0 Å². The number of benzene rings is 2. The first-order valence-electron chi connectivity index (χ1n) is 8.32. The zero-order valence-corrected chi connectivity index (χ0v) is 13.6. The van der Waals surface area contributed by atoms with Crippen LogP contribution in [0.4, 0.5) is 5.69 Å². The molecule has 23 heavy (non-hydrogen) atoms. The molecular weight excluding hydrogens is 284 g/mol. The molecule has 0 amide bonds. The van der Waals surface area contributed by atoms with E-state index in [1.165, 1.54) is 11.3 Å². The molecule has 0 radical (unpaired) electrons. The van der Waals surface area contributed by atoms with Crippen molar-refractivity contribution in [1.82, 2.24) is 0 Å². The lowest BCUT2D eigenvalue weighted by Gasteiger charge is -2.33. The predicted octanol–water partition coefficient (Wildman–Crippen LogP) is 2.16. The lowest BCUT2D eigenvalue weighted by molar-refractivity contribution is -0.914. The molecule has 0 atom stereocenters. The summed E-state index contributed by atoms with van der Waals surface area (Å²) in [7, 11) is 0. The van der Waals surface area contributed by atoms with Gasteiger partial charge in [0.05, 0.1) is 26.2 Å². The fourth-order valence-corrected chi connectivity index (χ4v) is 3.11. The molecule has 120 valence electrons. The molecule has 3 heteroatoms. The highest BCUT2D eigenvalue weighted by Crippen LogP contribution is 2.17. The summed E-state index contributed by atoms with van der Waals surface area (Å²) in [6.07, 6.45) is 1.79. The Morgan fingerprint density at radius 2 is 1.70 bits per heavy atom. The number of para-hydroxylation sites is 2. The van der Waals surface area contributed by atoms with Crippen molar-refractivity contribution in [3.05, 3.63) is 72.8 Å². The number of hydrogen-bond acceptors (Lipinski definition) is 2. The van der Waals surface area contributed by atoms with Gasteiger partial charge in [0.15, 0.2) is 0 Å². The number of anilines is 1. The first-order valence-corrected chi connectivity index (χ1v) is 8.32. The molecule has 3 rings (SSSR count). The third kappa shape index (κ3) is 4.14. The Balaban J connectivity index is 1.58. The third-order valence-corrected chi connectivity index (χ3v) is 4.36. The maximum Gasteiger partial charge on any atom is 0.128 e. The lowest BCUT2D eigenvalue weighted by Crippen LogP contribution is -3.13. The summed E-state index contributed by atoms with van der Waals surface area (Å²) in [6, 6.07) is 19.1. The molecule has 0 spiro atoms. The Morgan fingerprint density at radius 3 is 2.43 bits per heavy atom. The Hall–Kier alpha value is -2.26. The van der Waals surface area contributed by atoms with Crippen molar-refractivity contribution >= 4 is 5.69 Å². The minimum absolute atomic E-state index is 0.564. The van der Waals surface area contributed by atoms with Crippen LogP contribution in [0.2, 0.25) is 0 Å². The highest BCUT2D eigenvalue weighted by molar-refractivity contribution is 5.46. The molecule has 2 aromatic carbocycles. The topological polar surface area (TPSA) is 16.9 Å². The Bertz CT molecular complexity index is 619. The molecule has 0 aromatic heterocycles. The molecule has 0 unspecified atom stereocenters. The van der Waals surface area contributed by atoms with Crippen LogP contribution in [0, 0.1) is 0 Å². The fourth-order valence-electron chi connectivity index (χ4n) is 3.11. The average molecular weight is 309 g/mol. The first-order chi connectivity index (χ1) is 11.4. The van der Waals surface area contributed by atoms with Crippen LogP contribution in [0.5, 0.6) is 5.75 Å². The Kier molecular flexibility index (Phi) is 5.33. The SMILES string of the molecule is C=CCOc1ccccc1C[NH+]1CCN(c2ccccc2)CC1. The van der Waals surface area contributed by atoms with Crippen LogP contribution < -0.4 is 14.5 Å². The maximum absolute atomic E-state index is 5.78. The van der Waals surface area contributed by atoms with Crippen LogP contribution in [0.3, 0.4) is 0 Å². The number of nitrogens with zero attached hydrogens (tertiary/aromatic N) is 1. The molecule has 0 aliphatic carbocycles. The van der Waals surface area contributed by atoms with Crippen molar-refractivity contribution < 1.29 is 9.64 Å². The van der Waals surface area contributed by atoms with Crippen molar-refractivity contribution in [3.8, 4) is 5.75 Å². The number of ether oxygens (including phenoxy) is 1. The fraction of sp³-hybridized carbons (Fsp3) is 0.300. The molecular formula is C20H25N2O+. The standard InChI is InChI=1S/C20H24N2O/c1-2-16-23-20-11-7-6-8-18(20)17-21-12-14-22(15-13-21)19-9-4-3-5-10-19/h2-11H,1,12-17H2/p+1. The number of piperazine rings is 1. The van der Waals surface area contributed by atoms with Gasteiger partial charge < -0.3 is 14.5 Å². The predicted molar refractivity (Wildman–Crippen MR) is 95.2 cm³/mol. The summed E-state index contributed by atoms with van der Waals surface area (Å²) in [5.74, 6) is 0.991. The lowest BCUT2D eigenvalue weighted by atomic mass is 10.1. The molecule has 1 heterocycles. The van der Waals surface area contributed by atoms with E-state index in [-0.39, 0.29) is 0 Å². The zero-order chi connectivity index (χ0) is 15.9. The highest BCUT2D eigenvalue weighted by atomic mass is 16.5. The van der Waals surface area contributed by atoms with Crippen molar-refractivity contribution in [2.24, 2.45) is 0 Å². The number of rotatable bonds is 6. The normalized spacial score (nSPS) is 15.4. The first kappa shape index (κ1) is 15.6. The highest BCUT2D eigenvalue weighted by Gasteiger charge is 2.21. The van der Waals surface area contributed by atoms with E-state index in [4.69, 9.17) is 4.74 Å². The van der Waals surface area contributed by atoms with Crippen molar-refractivity contribution in [3.63, 3.8) is 0 Å². The van der Waals surface area contributed by atoms with Crippen molar-refractivity contribution in [1.29, 1.82) is 0 Å². The van der Waals surface area contributed by atoms with E-state index in [9.17, 15) is 0 Å². The van der Waals surface area contributed by atoms with Gasteiger partial charge >= 0.3 is 0 Å². The molecule has 1 fully saturated rings. The van der Waals surface area contributed by atoms with Crippen molar-refractivity contribution in [2.45, 2.75) is 6.54 Å². The van der Waals surface area contributed by atoms with Gasteiger partial charge in [0, 0.05) is 11.3 Å². The minimum atomic E-state index is 0.564. The second-order valence-electron chi connectivity index (χ2n) is 5.96. The van der Waals surface area contributed by atoms with Gasteiger partial charge in [-0.1, -0.05) is 43.0 Å². The van der Waals surface area contributed by atoms with Gasteiger partial charge in [-0.25, -0.2) is 0 Å². The van der Waals surface area contributed by atoms with Crippen LogP contribution in [0.15, 0.2) is 67.3 Å². The molecule has 1 N–H and O–H groups in total. The smallest absolute Gasteiger partial charge is 0.128 e. The summed E-state index contributed by atoms with van der Waals surface area (Å²) >= 11 is 0. The van der Waals surface area contributed by atoms with Gasteiger partial charge in [-0.05, 0) is 24.3 Å². The zero-order valence-electron chi connectivity index (χ0n) is 13.6. The summed E-state index contributed by atoms with van der Waals surface area (Å²) in [4.78, 5) is 4.09. The van der Waals surface area contributed by atoms with E-state index in [0.717, 1.165) is 38.5 Å². The second kappa shape index (κ2) is 7.84. The van der Waals surface area contributed by atoms with Gasteiger partial charge in [0.1, 0.15) is 18.9 Å². The van der Waals surface area contributed by atoms with Crippen LogP contribution in [-0.4, -0.2) is 32.8 Å². The van der Waals surface area contributed by atoms with Gasteiger partial charge in [-0.2, -0.15) is 0 Å². The minimum Gasteiger partial charge on any atom is -0.489 e. The monoisotopic (exact) mass is 309 g/mol. The second-order valence-corrected chi connectivity index (χ2v) is 5.96. The van der Waals surface area contributed by atoms with E-state index in [2.05, 4.69) is 60.0 Å². The average Bonchev–Trinajstić information content (AvgIpc) is 2.62. The summed E-state index contributed by atoms with van der Waals surface area (Å²) in [5.41, 5.74) is 2.62. The van der Waals surface area contributed by atoms with Gasteiger partial charge in [-0.3, -0.25) is 0 Å². The number of quaternary nitrogens is 1. The Morgan fingerprint density at radius 1 is 1.00 bits per heavy atom. The van der Waals surface area contributed by atoms with Crippen LogP contribution in [-0.2, 0) is 6.54 Å². The van der Waals surface area contributed by atoms with Crippen molar-refractivity contribution in [2.75, 3.05) is 37.7 Å². The van der Waals surface area contributed by atoms with E-state index < -0.39 is 0 Å². The maximum atomic E-state index is 5.78. The molecule has 1 saturated heterocycles. The quantitative estimate of drug-likeness (QED) is 0.824. The molecule has 0 bridgehead atoms.